The van der Waals surface area contributed by atoms with Gasteiger partial charge in [-0.05, 0) is 207 Å². The molecule has 0 heterocycles. The van der Waals surface area contributed by atoms with Crippen molar-refractivity contribution in [1.82, 2.24) is 9.80 Å². The topological polar surface area (TPSA) is 6.48 Å². The Bertz CT molecular complexity index is 1140. The fourth-order valence-electron chi connectivity index (χ4n) is 6.20. The number of hydrogen-bond acceptors (Lipinski definition) is 2. The van der Waals surface area contributed by atoms with Crippen LogP contribution in [-0.2, 0) is 51.2 Å². The maximum atomic E-state index is 2.31. The number of benzene rings is 2. The standard InChI is InChI=1S/2C20H22NP.2C5H5.3Fe/c2*1-16(21(2)3)19-14-9-15-20(19)22(18-12-7-8-13-18)17-10-5-4-6-11-17;2*1-2-4-5-3-1;;;/h2*4-16H,1-3H3;2*1-5H;;;/t2*16-,22?;;;;;/m11...../s1. The first-order valence-corrected chi connectivity index (χ1v) is 21.4. The van der Waals surface area contributed by atoms with Crippen LogP contribution in [0.4, 0.5) is 0 Å². The van der Waals surface area contributed by atoms with Crippen LogP contribution in [0.5, 0.6) is 0 Å². The van der Waals surface area contributed by atoms with Crippen molar-refractivity contribution in [1.29, 1.82) is 0 Å². The summed E-state index contributed by atoms with van der Waals surface area (Å²) in [5.74, 6) is 2.89. The number of rotatable bonds is 10. The number of hydrogen-bond donors (Lipinski definition) is 0. The molecule has 30 radical (unpaired) electrons. The van der Waals surface area contributed by atoms with E-state index in [2.05, 4.69) is 202 Å². The average Bonchev–Trinajstić information content (AvgIpc) is 4.05. The van der Waals surface area contributed by atoms with Crippen LogP contribution in [0.25, 0.3) is 0 Å². The van der Waals surface area contributed by atoms with Crippen molar-refractivity contribution < 1.29 is 51.2 Å². The SMILES string of the molecule is C[C@H]([C]1[CH][CH][CH][C]1P([C]1[CH][CH][CH][CH]1)c1ccccc1)N(C)C.C[C@H]([C]1[CH][CH][CH][C]1P([C]1[CH][CH][CH][CH]1)c1ccccc1)N(C)C.[CH]1[CH][CH][CH][CH]1.[CH]1[CH][CH][CH][CH]1.[Fe].[Fe].[Fe]. The smallest absolute Gasteiger partial charge is 0.0173 e. The van der Waals surface area contributed by atoms with Crippen LogP contribution in [0.2, 0.25) is 0 Å². The Hall–Kier alpha value is 0.778. The monoisotopic (exact) mass is 912 g/mol. The average molecular weight is 912 g/mol. The molecule has 0 N–H and O–H groups in total. The molecule has 0 aliphatic heterocycles. The van der Waals surface area contributed by atoms with Gasteiger partial charge < -0.3 is 9.80 Å². The van der Waals surface area contributed by atoms with Gasteiger partial charge in [0.25, 0.3) is 0 Å². The summed E-state index contributed by atoms with van der Waals surface area (Å²) < 4.78 is 0. The van der Waals surface area contributed by atoms with Crippen LogP contribution in [0.1, 0.15) is 13.8 Å². The van der Waals surface area contributed by atoms with E-state index >= 15 is 0 Å². The van der Waals surface area contributed by atoms with E-state index in [4.69, 9.17) is 0 Å². The van der Waals surface area contributed by atoms with Gasteiger partial charge in [-0.25, -0.2) is 0 Å². The minimum absolute atomic E-state index is 0. The van der Waals surface area contributed by atoms with Crippen LogP contribution in [0, 0.1) is 189 Å². The van der Waals surface area contributed by atoms with E-state index in [1.165, 1.54) is 45.1 Å². The van der Waals surface area contributed by atoms with Gasteiger partial charge in [-0.1, -0.05) is 76.5 Å². The second-order valence-corrected chi connectivity index (χ2v) is 17.9. The van der Waals surface area contributed by atoms with Crippen LogP contribution in [0.3, 0.4) is 0 Å². The molecule has 8 rings (SSSR count). The summed E-state index contributed by atoms with van der Waals surface area (Å²) in [6.45, 7) is 4.56. The molecule has 298 valence electrons. The molecule has 57 heavy (non-hydrogen) atoms. The summed E-state index contributed by atoms with van der Waals surface area (Å²) >= 11 is 0. The van der Waals surface area contributed by atoms with E-state index in [0.29, 0.717) is 12.1 Å². The van der Waals surface area contributed by atoms with E-state index in [1.807, 2.05) is 64.2 Å². The second kappa shape index (κ2) is 30.0. The van der Waals surface area contributed by atoms with E-state index in [9.17, 15) is 0 Å². The van der Waals surface area contributed by atoms with Crippen molar-refractivity contribution in [3.8, 4) is 0 Å². The fourth-order valence-corrected chi connectivity index (χ4v) is 11.3. The molecule has 2 unspecified atom stereocenters. The molecule has 2 aromatic carbocycles. The maximum Gasteiger partial charge on any atom is 0.0173 e. The van der Waals surface area contributed by atoms with E-state index in [1.54, 1.807) is 0 Å². The maximum absolute atomic E-state index is 2.31. The molecule has 4 atom stereocenters. The normalized spacial score (nSPS) is 22.9. The largest absolute Gasteiger partial charge is 0.306 e. The Balaban J connectivity index is 0.000000302. The quantitative estimate of drug-likeness (QED) is 0.173. The molecule has 6 saturated carbocycles. The van der Waals surface area contributed by atoms with Gasteiger partial charge in [-0.3, -0.25) is 0 Å². The summed E-state index contributed by atoms with van der Waals surface area (Å²) in [5.41, 5.74) is 5.82. The summed E-state index contributed by atoms with van der Waals surface area (Å²) in [5, 5.41) is 2.84. The molecule has 2 nitrogen and oxygen atoms in total. The molecule has 0 spiro atoms. The zero-order valence-corrected chi connectivity index (χ0v) is 38.7. The van der Waals surface area contributed by atoms with Gasteiger partial charge in [0.1, 0.15) is 0 Å². The molecule has 0 bridgehead atoms. The minimum atomic E-state index is -0.477. The van der Waals surface area contributed by atoms with Crippen LogP contribution >= 0.6 is 15.8 Å². The molecule has 6 fully saturated rings. The Morgan fingerprint density at radius 3 is 0.895 bits per heavy atom. The predicted octanol–water partition coefficient (Wildman–Crippen LogP) is 9.71. The number of nitrogens with zero attached hydrogens (tertiary/aromatic N) is 2. The molecule has 0 amide bonds. The third-order valence-electron chi connectivity index (χ3n) is 9.53. The minimum Gasteiger partial charge on any atom is -0.306 e. The summed E-state index contributed by atoms with van der Waals surface area (Å²) in [4.78, 5) is 4.56. The Kier molecular flexibility index (Phi) is 28.3. The Morgan fingerprint density at radius 2 is 0.632 bits per heavy atom. The molecule has 6 aliphatic rings. The second-order valence-electron chi connectivity index (χ2n) is 13.6. The summed E-state index contributed by atoms with van der Waals surface area (Å²) in [6, 6.07) is 22.7. The van der Waals surface area contributed by atoms with E-state index < -0.39 is 15.8 Å². The first kappa shape index (κ1) is 53.9. The van der Waals surface area contributed by atoms with Crippen molar-refractivity contribution in [2.45, 2.75) is 25.9 Å². The summed E-state index contributed by atoms with van der Waals surface area (Å²) in [7, 11) is 7.64. The molecular formula is C50H54Fe3N2P2. The third kappa shape index (κ3) is 16.8. The van der Waals surface area contributed by atoms with Crippen LogP contribution in [-0.4, -0.2) is 50.1 Å². The Morgan fingerprint density at radius 1 is 0.351 bits per heavy atom. The first-order chi connectivity index (χ1) is 26.4. The van der Waals surface area contributed by atoms with Gasteiger partial charge in [-0.15, -0.1) is 0 Å². The van der Waals surface area contributed by atoms with Gasteiger partial charge in [0.2, 0.25) is 0 Å². The zero-order chi connectivity index (χ0) is 38.1. The van der Waals surface area contributed by atoms with Crippen molar-refractivity contribution in [2.24, 2.45) is 0 Å². The Labute approximate surface area is 388 Å². The first-order valence-electron chi connectivity index (χ1n) is 18.7. The zero-order valence-electron chi connectivity index (χ0n) is 33.6. The van der Waals surface area contributed by atoms with Gasteiger partial charge >= 0.3 is 0 Å². The summed E-state index contributed by atoms with van der Waals surface area (Å²) in [6.07, 6.45) is 51.2. The van der Waals surface area contributed by atoms with Gasteiger partial charge in [-0.2, -0.15) is 0 Å². The van der Waals surface area contributed by atoms with Crippen molar-refractivity contribution in [3.63, 3.8) is 0 Å². The van der Waals surface area contributed by atoms with Crippen molar-refractivity contribution >= 4 is 26.5 Å². The molecule has 2 aromatic rings. The van der Waals surface area contributed by atoms with Crippen molar-refractivity contribution in [3.05, 3.63) is 249 Å². The van der Waals surface area contributed by atoms with Gasteiger partial charge in [0.05, 0.1) is 0 Å². The van der Waals surface area contributed by atoms with Crippen LogP contribution < -0.4 is 10.6 Å². The molecule has 7 heteroatoms. The van der Waals surface area contributed by atoms with Crippen molar-refractivity contribution in [2.75, 3.05) is 28.2 Å². The molecule has 0 aromatic heterocycles. The molecular weight excluding hydrogens is 858 g/mol. The third-order valence-corrected chi connectivity index (χ3v) is 14.6. The fraction of sp³-hybridized carbons (Fsp3) is 0.160. The van der Waals surface area contributed by atoms with E-state index in [-0.39, 0.29) is 51.2 Å². The van der Waals surface area contributed by atoms with E-state index in [0.717, 1.165) is 0 Å². The predicted molar refractivity (Wildman–Crippen MR) is 235 cm³/mol. The van der Waals surface area contributed by atoms with Gasteiger partial charge in [0.15, 0.2) is 0 Å². The van der Waals surface area contributed by atoms with Crippen LogP contribution in [0.15, 0.2) is 60.7 Å². The molecule has 6 aliphatic carbocycles. The van der Waals surface area contributed by atoms with Gasteiger partial charge in [0, 0.05) is 97.8 Å². The molecule has 0 saturated heterocycles.